The Bertz CT molecular complexity index is 986. The lowest BCUT2D eigenvalue weighted by atomic mass is 10.2. The fourth-order valence-electron chi connectivity index (χ4n) is 2.17. The van der Waals surface area contributed by atoms with Gasteiger partial charge in [0, 0.05) is 11.4 Å². The minimum Gasteiger partial charge on any atom is -0.330 e. The fraction of sp³-hybridized carbons (Fsp3) is 0.111. The van der Waals surface area contributed by atoms with E-state index in [2.05, 4.69) is 15.0 Å². The van der Waals surface area contributed by atoms with E-state index in [0.717, 1.165) is 35.5 Å². The summed E-state index contributed by atoms with van der Waals surface area (Å²) in [7, 11) is 0. The Hall–Kier alpha value is -3.01. The third-order valence-corrected chi connectivity index (χ3v) is 4.48. The number of alkyl halides is 3. The Morgan fingerprint density at radius 1 is 1.11 bits per heavy atom. The van der Waals surface area contributed by atoms with Gasteiger partial charge >= 0.3 is 6.18 Å². The molecule has 146 valence electrons. The highest BCUT2D eigenvalue weighted by Gasteiger charge is 2.35. The second kappa shape index (κ2) is 7.93. The average molecular weight is 410 g/mol. The van der Waals surface area contributed by atoms with Gasteiger partial charge in [-0.1, -0.05) is 17.7 Å². The number of H-pyrrole nitrogens is 1. The normalized spacial score (nSPS) is 11.3. The van der Waals surface area contributed by atoms with E-state index in [-0.39, 0.29) is 16.3 Å². The molecule has 0 radical (unpaired) electrons. The van der Waals surface area contributed by atoms with E-state index in [9.17, 15) is 22.4 Å². The van der Waals surface area contributed by atoms with Crippen molar-refractivity contribution in [1.29, 1.82) is 0 Å². The fourth-order valence-corrected chi connectivity index (χ4v) is 2.89. The molecule has 0 spiro atoms. The van der Waals surface area contributed by atoms with Gasteiger partial charge in [-0.15, -0.1) is 0 Å². The van der Waals surface area contributed by atoms with Gasteiger partial charge in [0.25, 0.3) is 5.91 Å². The van der Waals surface area contributed by atoms with Crippen LogP contribution in [0.4, 0.5) is 28.9 Å². The number of carbonyl (C=O) groups excluding carboxylic acids is 1. The summed E-state index contributed by atoms with van der Waals surface area (Å²) >= 11 is 1.01. The molecule has 1 aromatic heterocycles. The highest BCUT2D eigenvalue weighted by molar-refractivity contribution is 8.00. The van der Waals surface area contributed by atoms with Crippen molar-refractivity contribution in [2.75, 3.05) is 10.0 Å². The zero-order valence-electron chi connectivity index (χ0n) is 14.4. The molecule has 3 aromatic rings. The van der Waals surface area contributed by atoms with Crippen LogP contribution in [0.3, 0.4) is 0 Å². The van der Waals surface area contributed by atoms with E-state index < -0.39 is 23.7 Å². The predicted molar refractivity (Wildman–Crippen MR) is 98.6 cm³/mol. The van der Waals surface area contributed by atoms with Crippen molar-refractivity contribution in [3.8, 4) is 0 Å². The van der Waals surface area contributed by atoms with Gasteiger partial charge in [0.1, 0.15) is 11.5 Å². The Balaban J connectivity index is 1.69. The van der Waals surface area contributed by atoms with Crippen LogP contribution in [0.15, 0.2) is 53.6 Å². The molecule has 28 heavy (non-hydrogen) atoms. The number of anilines is 2. The van der Waals surface area contributed by atoms with Crippen molar-refractivity contribution in [3.05, 3.63) is 71.6 Å². The second-order valence-electron chi connectivity index (χ2n) is 5.81. The molecule has 1 amide bonds. The first-order valence-electron chi connectivity index (χ1n) is 7.95. The molecule has 2 aromatic carbocycles. The second-order valence-corrected chi connectivity index (χ2v) is 6.66. The molecule has 0 aliphatic rings. The van der Waals surface area contributed by atoms with Crippen LogP contribution >= 0.6 is 11.9 Å². The third kappa shape index (κ3) is 4.83. The van der Waals surface area contributed by atoms with E-state index in [1.807, 2.05) is 36.2 Å². The Morgan fingerprint density at radius 3 is 2.43 bits per heavy atom. The topological polar surface area (TPSA) is 69.8 Å². The maximum Gasteiger partial charge on any atom is 0.449 e. The Labute approximate surface area is 161 Å². The van der Waals surface area contributed by atoms with Crippen LogP contribution in [-0.4, -0.2) is 15.9 Å². The minimum atomic E-state index is -4.68. The molecule has 3 rings (SSSR count). The first-order chi connectivity index (χ1) is 13.2. The van der Waals surface area contributed by atoms with E-state index in [1.165, 1.54) is 12.1 Å². The summed E-state index contributed by atoms with van der Waals surface area (Å²) in [6, 6.07) is 11.3. The lowest BCUT2D eigenvalue weighted by Gasteiger charge is -2.09. The molecule has 0 saturated heterocycles. The van der Waals surface area contributed by atoms with Gasteiger partial charge in [0.05, 0.1) is 11.1 Å². The number of halogens is 4. The van der Waals surface area contributed by atoms with Gasteiger partial charge in [-0.05, 0) is 49.2 Å². The van der Waals surface area contributed by atoms with Crippen molar-refractivity contribution in [2.45, 2.75) is 18.0 Å². The number of aryl methyl sites for hydroxylation is 1. The number of nitrogens with zero attached hydrogens (tertiary/aromatic N) is 1. The lowest BCUT2D eigenvalue weighted by molar-refractivity contribution is -0.144. The zero-order chi connectivity index (χ0) is 20.3. The smallest absolute Gasteiger partial charge is 0.330 e. The third-order valence-electron chi connectivity index (χ3n) is 3.61. The highest BCUT2D eigenvalue weighted by atomic mass is 32.2. The largest absolute Gasteiger partial charge is 0.449 e. The molecule has 0 saturated carbocycles. The molecule has 0 unspecified atom stereocenters. The number of hydrogen-bond donors (Lipinski definition) is 3. The first-order valence-corrected chi connectivity index (χ1v) is 8.76. The number of aromatic nitrogens is 2. The summed E-state index contributed by atoms with van der Waals surface area (Å²) in [4.78, 5) is 17.3. The van der Waals surface area contributed by atoms with Gasteiger partial charge < -0.3 is 15.0 Å². The van der Waals surface area contributed by atoms with Crippen LogP contribution in [-0.2, 0) is 6.18 Å². The van der Waals surface area contributed by atoms with Crippen molar-refractivity contribution in [1.82, 2.24) is 9.97 Å². The number of carbonyl (C=O) groups is 1. The number of imidazole rings is 1. The van der Waals surface area contributed by atoms with Crippen LogP contribution in [0.25, 0.3) is 0 Å². The summed E-state index contributed by atoms with van der Waals surface area (Å²) < 4.78 is 54.7. The Morgan fingerprint density at radius 2 is 1.79 bits per heavy atom. The van der Waals surface area contributed by atoms with E-state index in [0.29, 0.717) is 0 Å². The molecule has 0 aliphatic carbocycles. The van der Waals surface area contributed by atoms with Crippen LogP contribution < -0.4 is 10.0 Å². The predicted octanol–water partition coefficient (Wildman–Crippen LogP) is 5.25. The summed E-state index contributed by atoms with van der Waals surface area (Å²) in [5.41, 5.74) is 1.71. The van der Waals surface area contributed by atoms with Gasteiger partial charge in [0.15, 0.2) is 0 Å². The maximum absolute atomic E-state index is 14.0. The van der Waals surface area contributed by atoms with E-state index >= 15 is 0 Å². The number of benzene rings is 2. The summed E-state index contributed by atoms with van der Waals surface area (Å²) in [6.45, 7) is 1.94. The standard InChI is InChI=1S/C18H14F4N4OS/c1-10-2-4-11(5-3-10)26-28-15-8-12(6-7-13(15)19)24-16(27)14-9-23-17(25-14)18(20,21)22/h2-9,26H,1H3,(H,23,25)(H,24,27). The van der Waals surface area contributed by atoms with Crippen molar-refractivity contribution in [2.24, 2.45) is 0 Å². The van der Waals surface area contributed by atoms with Crippen molar-refractivity contribution in [3.63, 3.8) is 0 Å². The quantitative estimate of drug-likeness (QED) is 0.397. The lowest BCUT2D eigenvalue weighted by Crippen LogP contribution is -2.14. The Kier molecular flexibility index (Phi) is 5.59. The average Bonchev–Trinajstić information content (AvgIpc) is 3.14. The number of hydrogen-bond acceptors (Lipinski definition) is 4. The molecule has 5 nitrogen and oxygen atoms in total. The monoisotopic (exact) mass is 410 g/mol. The van der Waals surface area contributed by atoms with Crippen LogP contribution in [0.5, 0.6) is 0 Å². The zero-order valence-corrected chi connectivity index (χ0v) is 15.2. The molecular weight excluding hydrogens is 396 g/mol. The van der Waals surface area contributed by atoms with Gasteiger partial charge in [-0.25, -0.2) is 9.37 Å². The van der Waals surface area contributed by atoms with Crippen LogP contribution in [0.2, 0.25) is 0 Å². The van der Waals surface area contributed by atoms with E-state index in [4.69, 9.17) is 0 Å². The molecule has 0 aliphatic heterocycles. The number of nitrogens with one attached hydrogen (secondary N) is 3. The molecular formula is C18H14F4N4OS. The summed E-state index contributed by atoms with van der Waals surface area (Å²) in [6.07, 6.45) is -3.89. The highest BCUT2D eigenvalue weighted by Crippen LogP contribution is 2.28. The van der Waals surface area contributed by atoms with Crippen molar-refractivity contribution < 1.29 is 22.4 Å². The van der Waals surface area contributed by atoms with Gasteiger partial charge in [0.2, 0.25) is 5.82 Å². The van der Waals surface area contributed by atoms with Crippen molar-refractivity contribution >= 4 is 29.2 Å². The molecule has 1 heterocycles. The molecule has 0 bridgehead atoms. The summed E-state index contributed by atoms with van der Waals surface area (Å²) in [5.74, 6) is -2.60. The minimum absolute atomic E-state index is 0.207. The molecule has 0 fully saturated rings. The number of rotatable bonds is 5. The molecule has 0 atom stereocenters. The van der Waals surface area contributed by atoms with E-state index in [1.54, 1.807) is 0 Å². The number of aromatic amines is 1. The van der Waals surface area contributed by atoms with Crippen LogP contribution in [0.1, 0.15) is 21.9 Å². The molecule has 10 heteroatoms. The van der Waals surface area contributed by atoms with Gasteiger partial charge in [-0.3, -0.25) is 4.79 Å². The maximum atomic E-state index is 14.0. The summed E-state index contributed by atoms with van der Waals surface area (Å²) in [5, 5.41) is 2.41. The van der Waals surface area contributed by atoms with Gasteiger partial charge in [-0.2, -0.15) is 13.2 Å². The SMILES string of the molecule is Cc1ccc(NSc2cc(NC(=O)c3cnc(C(F)(F)F)[nH]3)ccc2F)cc1. The van der Waals surface area contributed by atoms with Crippen LogP contribution in [0, 0.1) is 12.7 Å². The number of amides is 1. The molecule has 3 N–H and O–H groups in total. The first kappa shape index (κ1) is 19.7.